The van der Waals surface area contributed by atoms with Crippen molar-refractivity contribution in [2.75, 3.05) is 34.9 Å². The average molecular weight is 387 g/mol. The smallest absolute Gasteiger partial charge is 0.194 e. The lowest BCUT2D eigenvalue weighted by molar-refractivity contribution is 0.370. The molecule has 2 N–H and O–H groups in total. The number of methoxy groups -OCH3 is 3. The average Bonchev–Trinajstić information content (AvgIpc) is 2.72. The van der Waals surface area contributed by atoms with Crippen LogP contribution in [0.1, 0.15) is 18.1 Å². The highest BCUT2D eigenvalue weighted by molar-refractivity contribution is 5.79. The van der Waals surface area contributed by atoms with Crippen LogP contribution < -0.4 is 19.5 Å². The van der Waals surface area contributed by atoms with E-state index < -0.39 is 0 Å². The van der Waals surface area contributed by atoms with Crippen LogP contribution in [0.15, 0.2) is 41.4 Å². The van der Waals surface area contributed by atoms with Crippen molar-refractivity contribution >= 4 is 5.96 Å². The standard InChI is InChI=1S/C21H29N3O4/c1-6-22-21(23-13-15-8-7-9-18(27-4)20(15)25)24(2)14-16-10-11-17(26-3)12-19(16)28-5/h7-12,25H,6,13-14H2,1-5H3,(H,22,23). The second-order valence-corrected chi connectivity index (χ2v) is 6.17. The summed E-state index contributed by atoms with van der Waals surface area (Å²) < 4.78 is 15.9. The summed E-state index contributed by atoms with van der Waals surface area (Å²) in [6.07, 6.45) is 0. The first kappa shape index (κ1) is 21.2. The number of nitrogens with one attached hydrogen (secondary N) is 1. The molecule has 0 aliphatic heterocycles. The molecule has 0 atom stereocenters. The van der Waals surface area contributed by atoms with Gasteiger partial charge >= 0.3 is 0 Å². The molecule has 0 saturated heterocycles. The highest BCUT2D eigenvalue weighted by Gasteiger charge is 2.12. The molecule has 0 aliphatic rings. The molecule has 0 unspecified atom stereocenters. The van der Waals surface area contributed by atoms with Crippen LogP contribution in [0.25, 0.3) is 0 Å². The van der Waals surface area contributed by atoms with Gasteiger partial charge < -0.3 is 29.5 Å². The monoisotopic (exact) mass is 387 g/mol. The van der Waals surface area contributed by atoms with E-state index in [1.165, 1.54) is 7.11 Å². The molecular weight excluding hydrogens is 358 g/mol. The van der Waals surface area contributed by atoms with Crippen molar-refractivity contribution in [1.29, 1.82) is 0 Å². The molecule has 0 amide bonds. The third-order valence-electron chi connectivity index (χ3n) is 4.30. The number of benzene rings is 2. The molecule has 2 rings (SSSR count). The van der Waals surface area contributed by atoms with E-state index in [1.54, 1.807) is 20.3 Å². The highest BCUT2D eigenvalue weighted by atomic mass is 16.5. The minimum absolute atomic E-state index is 0.115. The highest BCUT2D eigenvalue weighted by Crippen LogP contribution is 2.30. The number of aliphatic imine (C=N–C) groups is 1. The lowest BCUT2D eigenvalue weighted by Crippen LogP contribution is -2.38. The fourth-order valence-corrected chi connectivity index (χ4v) is 2.80. The predicted octanol–water partition coefficient (Wildman–Crippen LogP) is 3.02. The number of ether oxygens (including phenoxy) is 3. The summed E-state index contributed by atoms with van der Waals surface area (Å²) in [4.78, 5) is 6.66. The first-order valence-corrected chi connectivity index (χ1v) is 9.09. The van der Waals surface area contributed by atoms with Crippen LogP contribution in [0.3, 0.4) is 0 Å². The Morgan fingerprint density at radius 2 is 1.79 bits per heavy atom. The summed E-state index contributed by atoms with van der Waals surface area (Å²) in [6.45, 7) is 3.67. The summed E-state index contributed by atoms with van der Waals surface area (Å²) >= 11 is 0. The van der Waals surface area contributed by atoms with Crippen molar-refractivity contribution in [3.8, 4) is 23.0 Å². The van der Waals surface area contributed by atoms with Crippen LogP contribution >= 0.6 is 0 Å². The van der Waals surface area contributed by atoms with Gasteiger partial charge in [-0.05, 0) is 25.1 Å². The zero-order valence-corrected chi connectivity index (χ0v) is 17.2. The molecule has 0 saturated carbocycles. The molecule has 0 radical (unpaired) electrons. The van der Waals surface area contributed by atoms with Gasteiger partial charge in [-0.15, -0.1) is 0 Å². The maximum absolute atomic E-state index is 10.3. The summed E-state index contributed by atoms with van der Waals surface area (Å²) in [7, 11) is 6.76. The van der Waals surface area contributed by atoms with E-state index in [-0.39, 0.29) is 5.75 Å². The third kappa shape index (κ3) is 5.22. The number of nitrogens with zero attached hydrogens (tertiary/aromatic N) is 2. The first-order valence-electron chi connectivity index (χ1n) is 9.09. The van der Waals surface area contributed by atoms with Crippen molar-refractivity contribution in [2.24, 2.45) is 4.99 Å². The number of aromatic hydroxyl groups is 1. The van der Waals surface area contributed by atoms with Gasteiger partial charge in [0.25, 0.3) is 0 Å². The van der Waals surface area contributed by atoms with Crippen LogP contribution in [0.5, 0.6) is 23.0 Å². The largest absolute Gasteiger partial charge is 0.504 e. The predicted molar refractivity (Wildman–Crippen MR) is 110 cm³/mol. The van der Waals surface area contributed by atoms with E-state index in [4.69, 9.17) is 14.2 Å². The van der Waals surface area contributed by atoms with E-state index in [0.29, 0.717) is 24.4 Å². The molecular formula is C21H29N3O4. The van der Waals surface area contributed by atoms with E-state index in [1.807, 2.05) is 49.2 Å². The number of rotatable bonds is 8. The fraction of sp³-hybridized carbons (Fsp3) is 0.381. The Bertz CT molecular complexity index is 808. The summed E-state index contributed by atoms with van der Waals surface area (Å²) in [5.74, 6) is 2.78. The number of hydrogen-bond acceptors (Lipinski definition) is 5. The van der Waals surface area contributed by atoms with Crippen molar-refractivity contribution in [3.63, 3.8) is 0 Å². The molecule has 152 valence electrons. The first-order chi connectivity index (χ1) is 13.5. The van der Waals surface area contributed by atoms with Crippen molar-refractivity contribution in [3.05, 3.63) is 47.5 Å². The fourth-order valence-electron chi connectivity index (χ4n) is 2.80. The zero-order chi connectivity index (χ0) is 20.5. The van der Waals surface area contributed by atoms with E-state index >= 15 is 0 Å². The summed E-state index contributed by atoms with van der Waals surface area (Å²) in [6, 6.07) is 11.1. The second-order valence-electron chi connectivity index (χ2n) is 6.17. The molecule has 0 spiro atoms. The van der Waals surface area contributed by atoms with E-state index in [9.17, 15) is 5.11 Å². The molecule has 7 nitrogen and oxygen atoms in total. The lowest BCUT2D eigenvalue weighted by atomic mass is 10.2. The number of hydrogen-bond donors (Lipinski definition) is 2. The minimum Gasteiger partial charge on any atom is -0.504 e. The molecule has 0 heterocycles. The van der Waals surface area contributed by atoms with Gasteiger partial charge in [0, 0.05) is 37.3 Å². The Balaban J connectivity index is 2.20. The molecule has 0 fully saturated rings. The van der Waals surface area contributed by atoms with Gasteiger partial charge in [-0.1, -0.05) is 12.1 Å². The van der Waals surface area contributed by atoms with Crippen LogP contribution in [0, 0.1) is 0 Å². The summed E-state index contributed by atoms with van der Waals surface area (Å²) in [5, 5.41) is 13.5. The van der Waals surface area contributed by atoms with Gasteiger partial charge in [0.05, 0.1) is 27.9 Å². The molecule has 2 aromatic carbocycles. The van der Waals surface area contributed by atoms with E-state index in [0.717, 1.165) is 29.6 Å². The van der Waals surface area contributed by atoms with Crippen LogP contribution in [-0.4, -0.2) is 50.9 Å². The Hall–Kier alpha value is -3.09. The van der Waals surface area contributed by atoms with Crippen LogP contribution in [0.2, 0.25) is 0 Å². The van der Waals surface area contributed by atoms with Crippen LogP contribution in [0.4, 0.5) is 0 Å². The quantitative estimate of drug-likeness (QED) is 0.536. The Labute approximate surface area is 166 Å². The van der Waals surface area contributed by atoms with Crippen molar-refractivity contribution in [2.45, 2.75) is 20.0 Å². The van der Waals surface area contributed by atoms with Crippen molar-refractivity contribution in [1.82, 2.24) is 10.2 Å². The van der Waals surface area contributed by atoms with Crippen LogP contribution in [-0.2, 0) is 13.1 Å². The number of phenolic OH excluding ortho intramolecular Hbond substituents is 1. The Kier molecular flexibility index (Phi) is 7.80. The normalized spacial score (nSPS) is 11.1. The van der Waals surface area contributed by atoms with Gasteiger partial charge in [-0.3, -0.25) is 0 Å². The molecule has 0 bridgehead atoms. The maximum Gasteiger partial charge on any atom is 0.194 e. The van der Waals surface area contributed by atoms with E-state index in [2.05, 4.69) is 10.3 Å². The Morgan fingerprint density at radius 3 is 2.43 bits per heavy atom. The molecule has 0 aromatic heterocycles. The zero-order valence-electron chi connectivity index (χ0n) is 17.2. The van der Waals surface area contributed by atoms with Crippen molar-refractivity contribution < 1.29 is 19.3 Å². The number of phenols is 1. The molecule has 2 aromatic rings. The molecule has 7 heteroatoms. The topological polar surface area (TPSA) is 75.6 Å². The van der Waals surface area contributed by atoms with Gasteiger partial charge in [0.1, 0.15) is 11.5 Å². The lowest BCUT2D eigenvalue weighted by Gasteiger charge is -2.23. The van der Waals surface area contributed by atoms with Gasteiger partial charge in [-0.25, -0.2) is 4.99 Å². The van der Waals surface area contributed by atoms with Gasteiger partial charge in [0.2, 0.25) is 0 Å². The number of para-hydroxylation sites is 1. The Morgan fingerprint density at radius 1 is 1.04 bits per heavy atom. The minimum atomic E-state index is 0.115. The van der Waals surface area contributed by atoms with Gasteiger partial charge in [0.15, 0.2) is 17.5 Å². The maximum atomic E-state index is 10.3. The third-order valence-corrected chi connectivity index (χ3v) is 4.30. The molecule has 28 heavy (non-hydrogen) atoms. The molecule has 0 aliphatic carbocycles. The SMILES string of the molecule is CCNC(=NCc1cccc(OC)c1O)N(C)Cc1ccc(OC)cc1OC. The summed E-state index contributed by atoms with van der Waals surface area (Å²) in [5.41, 5.74) is 1.71. The number of guanidine groups is 1. The second kappa shape index (κ2) is 10.3. The van der Waals surface area contributed by atoms with Gasteiger partial charge in [-0.2, -0.15) is 0 Å².